The number of nitrogens with zero attached hydrogens (tertiary/aromatic N) is 3. The Kier molecular flexibility index (Phi) is 4.03. The van der Waals surface area contributed by atoms with Crippen LogP contribution in [0, 0.1) is 0 Å². The van der Waals surface area contributed by atoms with Gasteiger partial charge in [-0.1, -0.05) is 18.3 Å². The van der Waals surface area contributed by atoms with Crippen LogP contribution in [-0.4, -0.2) is 41.6 Å². The van der Waals surface area contributed by atoms with Crippen LogP contribution in [0.2, 0.25) is 0 Å². The first-order valence-corrected chi connectivity index (χ1v) is 8.85. The Morgan fingerprint density at radius 1 is 1.31 bits per heavy atom. The molecule has 3 aliphatic heterocycles. The summed E-state index contributed by atoms with van der Waals surface area (Å²) in [6.07, 6.45) is -2.44. The number of hydrogen-bond donors (Lipinski definition) is 1. The quantitative estimate of drug-likeness (QED) is 0.804. The third kappa shape index (κ3) is 2.99. The van der Waals surface area contributed by atoms with Gasteiger partial charge < -0.3 is 20.1 Å². The van der Waals surface area contributed by atoms with Crippen LogP contribution in [0.5, 0.6) is 11.5 Å². The molecule has 138 valence electrons. The van der Waals surface area contributed by atoms with E-state index in [9.17, 15) is 13.6 Å². The second-order valence-electron chi connectivity index (χ2n) is 6.05. The van der Waals surface area contributed by atoms with E-state index in [0.29, 0.717) is 28.8 Å². The van der Waals surface area contributed by atoms with Gasteiger partial charge in [-0.3, -0.25) is 4.90 Å². The highest BCUT2D eigenvalue weighted by Crippen LogP contribution is 2.45. The van der Waals surface area contributed by atoms with Crippen molar-refractivity contribution in [3.05, 3.63) is 29.7 Å². The lowest BCUT2D eigenvalue weighted by Crippen LogP contribution is -2.40. The van der Waals surface area contributed by atoms with Crippen LogP contribution in [0.3, 0.4) is 0 Å². The van der Waals surface area contributed by atoms with Gasteiger partial charge in [0.05, 0.1) is 0 Å². The van der Waals surface area contributed by atoms with E-state index in [2.05, 4.69) is 21.0 Å². The normalized spacial score (nSPS) is 25.4. The molecule has 26 heavy (non-hydrogen) atoms. The molecule has 3 aliphatic rings. The second-order valence-corrected chi connectivity index (χ2v) is 7.15. The number of likely N-dealkylation sites (tertiary alicyclic amines) is 1. The van der Waals surface area contributed by atoms with Gasteiger partial charge in [0.25, 0.3) is 0 Å². The van der Waals surface area contributed by atoms with Crippen LogP contribution in [-0.2, 0) is 0 Å². The summed E-state index contributed by atoms with van der Waals surface area (Å²) in [5, 5.41) is 0.352. The third-order valence-corrected chi connectivity index (χ3v) is 5.24. The van der Waals surface area contributed by atoms with Crippen molar-refractivity contribution in [1.29, 1.82) is 0 Å². The number of amides is 2. The molecule has 0 aromatic heterocycles. The molecule has 7 nitrogen and oxygen atoms in total. The fraction of sp³-hybridized carbons (Fsp3) is 0.375. The molecule has 2 amide bonds. The maximum absolute atomic E-state index is 13.2. The van der Waals surface area contributed by atoms with E-state index in [0.717, 1.165) is 12.8 Å². The number of hydrogen-bond acceptors (Lipinski definition) is 5. The molecule has 1 aromatic rings. The maximum atomic E-state index is 13.2. The zero-order valence-electron chi connectivity index (χ0n) is 13.7. The van der Waals surface area contributed by atoms with E-state index in [1.165, 1.54) is 23.9 Å². The van der Waals surface area contributed by atoms with Crippen molar-refractivity contribution in [3.8, 4) is 11.5 Å². The van der Waals surface area contributed by atoms with E-state index in [-0.39, 0.29) is 17.5 Å². The number of amidine groups is 1. The summed E-state index contributed by atoms with van der Waals surface area (Å²) in [6.45, 7) is 5.22. The van der Waals surface area contributed by atoms with Gasteiger partial charge in [0.15, 0.2) is 16.7 Å². The fourth-order valence-corrected chi connectivity index (χ4v) is 3.89. The molecule has 0 saturated carbocycles. The predicted octanol–water partition coefficient (Wildman–Crippen LogP) is 2.93. The Bertz CT molecular complexity index is 811. The Labute approximate surface area is 152 Å². The van der Waals surface area contributed by atoms with E-state index in [1.54, 1.807) is 15.9 Å². The number of ether oxygens (including phenoxy) is 2. The SMILES string of the molecule is C=C1S/C(=N\C(=O)N2CCCC2)N(c2ccc3c(c2)OC(F)(F)O3)C1N. The smallest absolute Gasteiger partial charge is 0.395 e. The number of carbonyl (C=O) groups excluding carboxylic acids is 1. The molecule has 10 heteroatoms. The number of aliphatic imine (C=N–C) groups is 1. The number of anilines is 1. The molecular formula is C16H16F2N4O3S. The van der Waals surface area contributed by atoms with Gasteiger partial charge in [0.1, 0.15) is 6.17 Å². The molecule has 1 atom stereocenters. The van der Waals surface area contributed by atoms with E-state index in [1.807, 2.05) is 0 Å². The molecule has 0 radical (unpaired) electrons. The van der Waals surface area contributed by atoms with Gasteiger partial charge in [-0.05, 0) is 25.0 Å². The monoisotopic (exact) mass is 382 g/mol. The lowest BCUT2D eigenvalue weighted by atomic mass is 10.2. The van der Waals surface area contributed by atoms with Gasteiger partial charge in [-0.15, -0.1) is 8.78 Å². The number of benzene rings is 1. The highest BCUT2D eigenvalue weighted by Gasteiger charge is 2.44. The summed E-state index contributed by atoms with van der Waals surface area (Å²) in [5.41, 5.74) is 6.61. The van der Waals surface area contributed by atoms with Crippen molar-refractivity contribution in [3.63, 3.8) is 0 Å². The summed E-state index contributed by atoms with van der Waals surface area (Å²) in [5.74, 6) is -0.169. The van der Waals surface area contributed by atoms with Crippen LogP contribution < -0.4 is 20.1 Å². The first-order valence-electron chi connectivity index (χ1n) is 8.03. The first kappa shape index (κ1) is 17.1. The number of thioether (sulfide) groups is 1. The molecule has 2 N–H and O–H groups in total. The average Bonchev–Trinajstić information content (AvgIpc) is 3.25. The van der Waals surface area contributed by atoms with Crippen LogP contribution in [0.4, 0.5) is 19.3 Å². The minimum absolute atomic E-state index is 0.0652. The number of fused-ring (bicyclic) bond motifs is 1. The van der Waals surface area contributed by atoms with Crippen molar-refractivity contribution < 1.29 is 23.0 Å². The number of nitrogens with two attached hydrogens (primary N) is 1. The van der Waals surface area contributed by atoms with Gasteiger partial charge in [-0.25, -0.2) is 4.79 Å². The fourth-order valence-electron chi connectivity index (χ4n) is 2.99. The molecule has 0 spiro atoms. The van der Waals surface area contributed by atoms with Gasteiger partial charge in [0.2, 0.25) is 0 Å². The molecular weight excluding hydrogens is 366 g/mol. The number of alkyl halides is 2. The van der Waals surface area contributed by atoms with Gasteiger partial charge in [-0.2, -0.15) is 4.99 Å². The van der Waals surface area contributed by atoms with Crippen molar-refractivity contribution in [2.75, 3.05) is 18.0 Å². The molecule has 0 bridgehead atoms. The van der Waals surface area contributed by atoms with Crippen molar-refractivity contribution in [1.82, 2.24) is 4.90 Å². The van der Waals surface area contributed by atoms with Crippen LogP contribution >= 0.6 is 11.8 Å². The van der Waals surface area contributed by atoms with Crippen molar-refractivity contribution in [2.45, 2.75) is 25.3 Å². The minimum atomic E-state index is -3.70. The first-order chi connectivity index (χ1) is 12.3. The van der Waals surface area contributed by atoms with E-state index < -0.39 is 12.5 Å². The average molecular weight is 382 g/mol. The van der Waals surface area contributed by atoms with E-state index >= 15 is 0 Å². The number of carbonyl (C=O) groups is 1. The highest BCUT2D eigenvalue weighted by atomic mass is 32.2. The van der Waals surface area contributed by atoms with E-state index in [4.69, 9.17) is 5.73 Å². The lowest BCUT2D eigenvalue weighted by molar-refractivity contribution is -0.286. The molecule has 0 aliphatic carbocycles. The number of urea groups is 1. The Hall–Kier alpha value is -2.33. The maximum Gasteiger partial charge on any atom is 0.586 e. The van der Waals surface area contributed by atoms with Crippen LogP contribution in [0.15, 0.2) is 34.7 Å². The zero-order chi connectivity index (χ0) is 18.5. The minimum Gasteiger partial charge on any atom is -0.395 e. The molecule has 3 heterocycles. The standard InChI is InChI=1S/C16H16F2N4O3S/c1-9-13(19)22(15(26-9)20-14(23)21-6-2-3-7-21)10-4-5-11-12(8-10)25-16(17,18)24-11/h4-5,8,13H,1-3,6-7,19H2/b20-15-. The number of rotatable bonds is 1. The van der Waals surface area contributed by atoms with Crippen LogP contribution in [0.1, 0.15) is 12.8 Å². The highest BCUT2D eigenvalue weighted by molar-refractivity contribution is 8.18. The third-order valence-electron chi connectivity index (χ3n) is 4.27. The molecule has 1 unspecified atom stereocenters. The topological polar surface area (TPSA) is 80.4 Å². The molecule has 2 fully saturated rings. The van der Waals surface area contributed by atoms with Crippen molar-refractivity contribution >= 4 is 28.6 Å². The molecule has 1 aromatic carbocycles. The summed E-state index contributed by atoms with van der Waals surface area (Å²) < 4.78 is 35.3. The number of halogens is 2. The summed E-state index contributed by atoms with van der Waals surface area (Å²) in [7, 11) is 0. The van der Waals surface area contributed by atoms with Gasteiger partial charge >= 0.3 is 12.3 Å². The van der Waals surface area contributed by atoms with Gasteiger partial charge in [0, 0.05) is 29.7 Å². The van der Waals surface area contributed by atoms with Crippen LogP contribution in [0.25, 0.3) is 0 Å². The second kappa shape index (κ2) is 6.13. The summed E-state index contributed by atoms with van der Waals surface area (Å²) in [4.78, 5) is 20.4. The Balaban J connectivity index is 1.65. The summed E-state index contributed by atoms with van der Waals surface area (Å²) in [6, 6.07) is 3.96. The largest absolute Gasteiger partial charge is 0.586 e. The zero-order valence-corrected chi connectivity index (χ0v) is 14.5. The summed E-state index contributed by atoms with van der Waals surface area (Å²) >= 11 is 1.19. The lowest BCUT2D eigenvalue weighted by Gasteiger charge is -2.23. The predicted molar refractivity (Wildman–Crippen MR) is 93.5 cm³/mol. The Morgan fingerprint density at radius 2 is 2.00 bits per heavy atom. The van der Waals surface area contributed by atoms with Crippen molar-refractivity contribution in [2.24, 2.45) is 10.7 Å². The molecule has 4 rings (SSSR count). The Morgan fingerprint density at radius 3 is 2.73 bits per heavy atom. The molecule has 2 saturated heterocycles.